The number of nitrogens with one attached hydrogen (secondary N) is 1. The Labute approximate surface area is 104 Å². The molecule has 0 aromatic carbocycles. The first-order valence-corrected chi connectivity index (χ1v) is 5.13. The van der Waals surface area contributed by atoms with E-state index in [1.807, 2.05) is 0 Å². The van der Waals surface area contributed by atoms with Crippen LogP contribution in [0, 0.1) is 0 Å². The van der Waals surface area contributed by atoms with Crippen molar-refractivity contribution in [3.63, 3.8) is 0 Å². The Morgan fingerprint density at radius 1 is 1.50 bits per heavy atom. The summed E-state index contributed by atoms with van der Waals surface area (Å²) in [6.45, 7) is -0.136. The maximum absolute atomic E-state index is 11.8. The zero-order valence-electron chi connectivity index (χ0n) is 10.0. The van der Waals surface area contributed by atoms with Crippen LogP contribution in [0.1, 0.15) is 10.4 Å². The van der Waals surface area contributed by atoms with Gasteiger partial charge in [0.25, 0.3) is 5.91 Å². The van der Waals surface area contributed by atoms with Gasteiger partial charge in [-0.1, -0.05) is 0 Å². The Balaban J connectivity index is 2.68. The van der Waals surface area contributed by atoms with Crippen molar-refractivity contribution in [3.8, 4) is 5.88 Å². The average Bonchev–Trinajstić information content (AvgIpc) is 2.38. The molecule has 0 fully saturated rings. The molecule has 1 atom stereocenters. The van der Waals surface area contributed by atoms with Gasteiger partial charge in [0.2, 0.25) is 5.88 Å². The van der Waals surface area contributed by atoms with E-state index in [-0.39, 0.29) is 18.0 Å². The molecule has 1 aromatic heterocycles. The van der Waals surface area contributed by atoms with Crippen LogP contribution in [0.3, 0.4) is 0 Å². The van der Waals surface area contributed by atoms with Crippen LogP contribution in [-0.4, -0.2) is 48.8 Å². The molecule has 1 aromatic rings. The fourth-order valence-corrected chi connectivity index (χ4v) is 1.28. The Morgan fingerprint density at radius 3 is 2.78 bits per heavy atom. The number of carboxylic acids is 1. The number of nitrogens with zero attached hydrogens (tertiary/aromatic N) is 1. The number of carbonyl (C=O) groups excluding carboxylic acids is 1. The SMILES string of the molecule is COc1ncccc1C(=O)NCC(OC)C(=O)O. The summed E-state index contributed by atoms with van der Waals surface area (Å²) >= 11 is 0. The van der Waals surface area contributed by atoms with Crippen LogP contribution < -0.4 is 10.1 Å². The van der Waals surface area contributed by atoms with Gasteiger partial charge in [0.05, 0.1) is 13.7 Å². The molecule has 1 rings (SSSR count). The second kappa shape index (κ2) is 6.55. The van der Waals surface area contributed by atoms with E-state index in [2.05, 4.69) is 10.3 Å². The number of carboxylic acid groups (broad SMARTS) is 1. The van der Waals surface area contributed by atoms with E-state index in [0.29, 0.717) is 0 Å². The van der Waals surface area contributed by atoms with Crippen molar-refractivity contribution >= 4 is 11.9 Å². The minimum Gasteiger partial charge on any atom is -0.480 e. The minimum absolute atomic E-state index is 0.136. The first-order chi connectivity index (χ1) is 8.60. The Kier molecular flexibility index (Phi) is 5.06. The normalized spacial score (nSPS) is 11.7. The molecular weight excluding hydrogens is 240 g/mol. The van der Waals surface area contributed by atoms with Crippen LogP contribution in [0.2, 0.25) is 0 Å². The molecule has 0 aliphatic carbocycles. The number of pyridine rings is 1. The van der Waals surface area contributed by atoms with Crippen LogP contribution in [0.15, 0.2) is 18.3 Å². The highest BCUT2D eigenvalue weighted by Gasteiger charge is 2.19. The third-order valence-electron chi connectivity index (χ3n) is 2.22. The van der Waals surface area contributed by atoms with Gasteiger partial charge in [-0.25, -0.2) is 9.78 Å². The van der Waals surface area contributed by atoms with Crippen molar-refractivity contribution < 1.29 is 24.2 Å². The van der Waals surface area contributed by atoms with Crippen LogP contribution in [0.4, 0.5) is 0 Å². The first kappa shape index (κ1) is 13.9. The molecule has 0 aliphatic rings. The minimum atomic E-state index is -1.14. The van der Waals surface area contributed by atoms with Crippen LogP contribution in [0.5, 0.6) is 5.88 Å². The zero-order chi connectivity index (χ0) is 13.5. The molecule has 1 unspecified atom stereocenters. The monoisotopic (exact) mass is 254 g/mol. The fraction of sp³-hybridized carbons (Fsp3) is 0.364. The topological polar surface area (TPSA) is 97.8 Å². The standard InChI is InChI=1S/C11H14N2O5/c1-17-8(11(15)16)6-13-9(14)7-4-3-5-12-10(7)18-2/h3-5,8H,6H2,1-2H3,(H,13,14)(H,15,16). The van der Waals surface area contributed by atoms with Gasteiger partial charge in [0.1, 0.15) is 5.56 Å². The lowest BCUT2D eigenvalue weighted by molar-refractivity contribution is -0.148. The third-order valence-corrected chi connectivity index (χ3v) is 2.22. The number of amides is 1. The van der Waals surface area contributed by atoms with Crippen molar-refractivity contribution in [1.29, 1.82) is 0 Å². The highest BCUT2D eigenvalue weighted by molar-refractivity contribution is 5.96. The predicted molar refractivity (Wildman–Crippen MR) is 61.6 cm³/mol. The first-order valence-electron chi connectivity index (χ1n) is 5.13. The van der Waals surface area contributed by atoms with Gasteiger partial charge in [0.15, 0.2) is 6.10 Å². The molecule has 18 heavy (non-hydrogen) atoms. The third kappa shape index (κ3) is 3.42. The number of aliphatic carboxylic acids is 1. The number of hydrogen-bond acceptors (Lipinski definition) is 5. The number of carbonyl (C=O) groups is 2. The predicted octanol–water partition coefficient (Wildman–Crippen LogP) is -0.0804. The Morgan fingerprint density at radius 2 is 2.22 bits per heavy atom. The van der Waals surface area contributed by atoms with E-state index in [0.717, 1.165) is 0 Å². The van der Waals surface area contributed by atoms with Crippen molar-refractivity contribution in [3.05, 3.63) is 23.9 Å². The van der Waals surface area contributed by atoms with Crippen molar-refractivity contribution in [2.24, 2.45) is 0 Å². The molecule has 0 radical (unpaired) electrons. The second-order valence-corrected chi connectivity index (χ2v) is 3.33. The number of hydrogen-bond donors (Lipinski definition) is 2. The highest BCUT2D eigenvalue weighted by atomic mass is 16.5. The molecule has 7 heteroatoms. The van der Waals surface area contributed by atoms with Gasteiger partial charge in [0, 0.05) is 13.3 Å². The molecule has 0 saturated heterocycles. The quantitative estimate of drug-likeness (QED) is 0.736. The summed E-state index contributed by atoms with van der Waals surface area (Å²) in [6, 6.07) is 3.12. The summed E-state index contributed by atoms with van der Waals surface area (Å²) in [6.07, 6.45) is 0.404. The molecule has 98 valence electrons. The molecule has 0 aliphatic heterocycles. The van der Waals surface area contributed by atoms with E-state index >= 15 is 0 Å². The molecule has 0 bridgehead atoms. The number of rotatable bonds is 6. The number of aromatic nitrogens is 1. The smallest absolute Gasteiger partial charge is 0.334 e. The van der Waals surface area contributed by atoms with Crippen LogP contribution in [0.25, 0.3) is 0 Å². The molecule has 2 N–H and O–H groups in total. The van der Waals surface area contributed by atoms with Crippen molar-refractivity contribution in [2.45, 2.75) is 6.10 Å². The molecule has 1 amide bonds. The lowest BCUT2D eigenvalue weighted by Gasteiger charge is -2.12. The van der Waals surface area contributed by atoms with Crippen molar-refractivity contribution in [1.82, 2.24) is 10.3 Å². The maximum atomic E-state index is 11.8. The Hall–Kier alpha value is -2.15. The summed E-state index contributed by atoms with van der Waals surface area (Å²) in [5, 5.41) is 11.2. The molecular formula is C11H14N2O5. The van der Waals surface area contributed by atoms with E-state index < -0.39 is 18.0 Å². The fourth-order valence-electron chi connectivity index (χ4n) is 1.28. The lowest BCUT2D eigenvalue weighted by Crippen LogP contribution is -2.38. The van der Waals surface area contributed by atoms with Gasteiger partial charge in [-0.2, -0.15) is 0 Å². The van der Waals surface area contributed by atoms with E-state index in [9.17, 15) is 9.59 Å². The summed E-state index contributed by atoms with van der Waals surface area (Å²) in [5.41, 5.74) is 0.236. The summed E-state index contributed by atoms with van der Waals surface area (Å²) in [7, 11) is 2.66. The van der Waals surface area contributed by atoms with E-state index in [1.165, 1.54) is 26.5 Å². The van der Waals surface area contributed by atoms with Gasteiger partial charge in [-0.05, 0) is 12.1 Å². The molecule has 1 heterocycles. The summed E-state index contributed by atoms with van der Waals surface area (Å²) in [4.78, 5) is 26.3. The lowest BCUT2D eigenvalue weighted by atomic mass is 10.2. The zero-order valence-corrected chi connectivity index (χ0v) is 10.0. The summed E-state index contributed by atoms with van der Waals surface area (Å²) < 4.78 is 9.62. The second-order valence-electron chi connectivity index (χ2n) is 3.33. The average molecular weight is 254 g/mol. The summed E-state index contributed by atoms with van der Waals surface area (Å²) in [5.74, 6) is -1.43. The van der Waals surface area contributed by atoms with Gasteiger partial charge in [-0.3, -0.25) is 4.79 Å². The molecule has 0 saturated carbocycles. The largest absolute Gasteiger partial charge is 0.480 e. The van der Waals surface area contributed by atoms with Gasteiger partial charge < -0.3 is 19.9 Å². The van der Waals surface area contributed by atoms with Gasteiger partial charge >= 0.3 is 5.97 Å². The highest BCUT2D eigenvalue weighted by Crippen LogP contribution is 2.12. The number of methoxy groups -OCH3 is 2. The van der Waals surface area contributed by atoms with E-state index in [1.54, 1.807) is 6.07 Å². The maximum Gasteiger partial charge on any atom is 0.334 e. The van der Waals surface area contributed by atoms with Crippen molar-refractivity contribution in [2.75, 3.05) is 20.8 Å². The van der Waals surface area contributed by atoms with Crippen LogP contribution >= 0.6 is 0 Å². The molecule has 7 nitrogen and oxygen atoms in total. The van der Waals surface area contributed by atoms with E-state index in [4.69, 9.17) is 14.6 Å². The van der Waals surface area contributed by atoms with Gasteiger partial charge in [-0.15, -0.1) is 0 Å². The molecule has 0 spiro atoms. The Bertz CT molecular complexity index is 435. The van der Waals surface area contributed by atoms with Crippen LogP contribution in [-0.2, 0) is 9.53 Å². The number of ether oxygens (including phenoxy) is 2.